The van der Waals surface area contributed by atoms with E-state index < -0.39 is 0 Å². The number of carbonyl (C=O) groups is 1. The monoisotopic (exact) mass is 372 g/mol. The standard InChI is InChI=1S/C19H17ClN2O2S/c1-13-2-8-16(9-3-13)24-12-18(23)22-19-21-11-17(25-19)10-14-4-6-15(20)7-5-14/h2-9,11H,10,12H2,1H3,(H,21,22,23). The SMILES string of the molecule is Cc1ccc(OCC(=O)Nc2ncc(Cc3ccc(Cl)cc3)s2)cc1. The zero-order chi connectivity index (χ0) is 17.6. The van der Waals surface area contributed by atoms with Crippen molar-refractivity contribution in [2.75, 3.05) is 11.9 Å². The summed E-state index contributed by atoms with van der Waals surface area (Å²) in [6.07, 6.45) is 2.53. The third-order valence-electron chi connectivity index (χ3n) is 3.48. The second kappa shape index (κ2) is 8.14. The molecule has 0 unspecified atom stereocenters. The normalized spacial score (nSPS) is 10.5. The summed E-state index contributed by atoms with van der Waals surface area (Å²) in [7, 11) is 0. The van der Waals surface area contributed by atoms with Gasteiger partial charge in [-0.2, -0.15) is 0 Å². The molecule has 1 aromatic heterocycles. The van der Waals surface area contributed by atoms with Crippen LogP contribution in [0.2, 0.25) is 5.02 Å². The number of hydrogen-bond acceptors (Lipinski definition) is 4. The molecule has 2 aromatic carbocycles. The first-order chi connectivity index (χ1) is 12.1. The van der Waals surface area contributed by atoms with Gasteiger partial charge in [-0.25, -0.2) is 4.98 Å². The fourth-order valence-electron chi connectivity index (χ4n) is 2.19. The van der Waals surface area contributed by atoms with E-state index in [0.717, 1.165) is 27.4 Å². The fourth-order valence-corrected chi connectivity index (χ4v) is 3.18. The molecule has 0 atom stereocenters. The zero-order valence-electron chi connectivity index (χ0n) is 13.7. The van der Waals surface area contributed by atoms with Gasteiger partial charge in [0.05, 0.1) is 0 Å². The van der Waals surface area contributed by atoms with Crippen LogP contribution in [0, 0.1) is 6.92 Å². The van der Waals surface area contributed by atoms with Crippen molar-refractivity contribution in [1.82, 2.24) is 4.98 Å². The molecule has 25 heavy (non-hydrogen) atoms. The largest absolute Gasteiger partial charge is 0.484 e. The topological polar surface area (TPSA) is 51.2 Å². The highest BCUT2D eigenvalue weighted by Gasteiger charge is 2.08. The Hall–Kier alpha value is -2.37. The third-order valence-corrected chi connectivity index (χ3v) is 4.65. The van der Waals surface area contributed by atoms with Crippen LogP contribution in [0.3, 0.4) is 0 Å². The van der Waals surface area contributed by atoms with E-state index in [1.807, 2.05) is 55.5 Å². The first-order valence-corrected chi connectivity index (χ1v) is 8.96. The van der Waals surface area contributed by atoms with Gasteiger partial charge in [0.25, 0.3) is 5.91 Å². The van der Waals surface area contributed by atoms with Gasteiger partial charge in [0, 0.05) is 22.5 Å². The van der Waals surface area contributed by atoms with Gasteiger partial charge in [0.2, 0.25) is 0 Å². The molecule has 0 saturated carbocycles. The molecule has 0 radical (unpaired) electrons. The van der Waals surface area contributed by atoms with E-state index in [0.29, 0.717) is 10.9 Å². The van der Waals surface area contributed by atoms with Crippen LogP contribution in [0.15, 0.2) is 54.7 Å². The van der Waals surface area contributed by atoms with Crippen molar-refractivity contribution in [3.8, 4) is 5.75 Å². The number of nitrogens with zero attached hydrogens (tertiary/aromatic N) is 1. The Labute approximate surface area is 155 Å². The summed E-state index contributed by atoms with van der Waals surface area (Å²) in [6, 6.07) is 15.3. The lowest BCUT2D eigenvalue weighted by Gasteiger charge is -2.05. The van der Waals surface area contributed by atoms with E-state index in [2.05, 4.69) is 10.3 Å². The lowest BCUT2D eigenvalue weighted by Crippen LogP contribution is -2.19. The van der Waals surface area contributed by atoms with Crippen LogP contribution >= 0.6 is 22.9 Å². The molecule has 3 aromatic rings. The Morgan fingerprint density at radius 2 is 1.88 bits per heavy atom. The zero-order valence-corrected chi connectivity index (χ0v) is 15.2. The molecular weight excluding hydrogens is 356 g/mol. The van der Waals surface area contributed by atoms with E-state index in [4.69, 9.17) is 16.3 Å². The number of nitrogens with one attached hydrogen (secondary N) is 1. The number of rotatable bonds is 6. The van der Waals surface area contributed by atoms with Crippen molar-refractivity contribution in [1.29, 1.82) is 0 Å². The number of anilines is 1. The quantitative estimate of drug-likeness (QED) is 0.681. The van der Waals surface area contributed by atoms with Gasteiger partial charge in [-0.05, 0) is 36.8 Å². The minimum absolute atomic E-state index is 0.0465. The predicted octanol–water partition coefficient (Wildman–Crippen LogP) is 4.71. The van der Waals surface area contributed by atoms with Crippen LogP contribution in [-0.2, 0) is 11.2 Å². The molecule has 0 aliphatic rings. The van der Waals surface area contributed by atoms with Crippen molar-refractivity contribution in [3.05, 3.63) is 75.8 Å². The molecule has 1 amide bonds. The van der Waals surface area contributed by atoms with Gasteiger partial charge >= 0.3 is 0 Å². The lowest BCUT2D eigenvalue weighted by molar-refractivity contribution is -0.118. The molecular formula is C19H17ClN2O2S. The average molecular weight is 373 g/mol. The van der Waals surface area contributed by atoms with Gasteiger partial charge in [-0.1, -0.05) is 41.4 Å². The maximum atomic E-state index is 12.0. The molecule has 6 heteroatoms. The lowest BCUT2D eigenvalue weighted by atomic mass is 10.1. The summed E-state index contributed by atoms with van der Waals surface area (Å²) in [4.78, 5) is 17.3. The van der Waals surface area contributed by atoms with E-state index in [9.17, 15) is 4.79 Å². The Morgan fingerprint density at radius 3 is 2.60 bits per heavy atom. The summed E-state index contributed by atoms with van der Waals surface area (Å²) in [5.41, 5.74) is 2.29. The Kier molecular flexibility index (Phi) is 5.68. The predicted molar refractivity (Wildman–Crippen MR) is 102 cm³/mol. The molecule has 0 bridgehead atoms. The number of hydrogen-bond donors (Lipinski definition) is 1. The van der Waals surface area contributed by atoms with Gasteiger partial charge in [0.1, 0.15) is 5.75 Å². The summed E-state index contributed by atoms with van der Waals surface area (Å²) in [5, 5.41) is 4.05. The Balaban J connectivity index is 1.51. The maximum Gasteiger partial charge on any atom is 0.264 e. The molecule has 4 nitrogen and oxygen atoms in total. The molecule has 3 rings (SSSR count). The van der Waals surface area contributed by atoms with Crippen LogP contribution in [-0.4, -0.2) is 17.5 Å². The summed E-state index contributed by atoms with van der Waals surface area (Å²) in [6.45, 7) is 1.95. The fraction of sp³-hybridized carbons (Fsp3) is 0.158. The molecule has 0 aliphatic heterocycles. The van der Waals surface area contributed by atoms with Crippen molar-refractivity contribution in [3.63, 3.8) is 0 Å². The summed E-state index contributed by atoms with van der Waals surface area (Å²) < 4.78 is 5.46. The van der Waals surface area contributed by atoms with Crippen LogP contribution in [0.4, 0.5) is 5.13 Å². The van der Waals surface area contributed by atoms with E-state index in [1.54, 1.807) is 6.20 Å². The van der Waals surface area contributed by atoms with Crippen molar-refractivity contribution >= 4 is 34.0 Å². The third kappa shape index (κ3) is 5.31. The van der Waals surface area contributed by atoms with Gasteiger partial charge < -0.3 is 4.74 Å². The van der Waals surface area contributed by atoms with Crippen molar-refractivity contribution in [2.45, 2.75) is 13.3 Å². The minimum atomic E-state index is -0.229. The number of benzene rings is 2. The highest BCUT2D eigenvalue weighted by Crippen LogP contribution is 2.22. The average Bonchev–Trinajstić information content (AvgIpc) is 3.03. The van der Waals surface area contributed by atoms with Crippen molar-refractivity contribution < 1.29 is 9.53 Å². The van der Waals surface area contributed by atoms with Crippen molar-refractivity contribution in [2.24, 2.45) is 0 Å². The minimum Gasteiger partial charge on any atom is -0.484 e. The highest BCUT2D eigenvalue weighted by atomic mass is 35.5. The molecule has 1 N–H and O–H groups in total. The van der Waals surface area contributed by atoms with Gasteiger partial charge in [-0.15, -0.1) is 11.3 Å². The smallest absolute Gasteiger partial charge is 0.264 e. The van der Waals surface area contributed by atoms with Crippen LogP contribution < -0.4 is 10.1 Å². The molecule has 0 spiro atoms. The number of aromatic nitrogens is 1. The number of aryl methyl sites for hydroxylation is 1. The number of amides is 1. The Morgan fingerprint density at radius 1 is 1.16 bits per heavy atom. The Bertz CT molecular complexity index is 845. The molecule has 0 aliphatic carbocycles. The van der Waals surface area contributed by atoms with E-state index in [1.165, 1.54) is 11.3 Å². The molecule has 1 heterocycles. The number of thiazole rings is 1. The number of ether oxygens (including phenoxy) is 1. The summed E-state index contributed by atoms with van der Waals surface area (Å²) >= 11 is 7.34. The highest BCUT2D eigenvalue weighted by molar-refractivity contribution is 7.15. The molecule has 0 saturated heterocycles. The first-order valence-electron chi connectivity index (χ1n) is 7.77. The van der Waals surface area contributed by atoms with Crippen LogP contribution in [0.1, 0.15) is 16.0 Å². The second-order valence-electron chi connectivity index (χ2n) is 5.58. The van der Waals surface area contributed by atoms with Crippen LogP contribution in [0.5, 0.6) is 5.75 Å². The van der Waals surface area contributed by atoms with Crippen LogP contribution in [0.25, 0.3) is 0 Å². The molecule has 0 fully saturated rings. The van der Waals surface area contributed by atoms with Gasteiger partial charge in [-0.3, -0.25) is 10.1 Å². The maximum absolute atomic E-state index is 12.0. The van der Waals surface area contributed by atoms with Gasteiger partial charge in [0.15, 0.2) is 11.7 Å². The number of halogens is 1. The second-order valence-corrected chi connectivity index (χ2v) is 7.14. The summed E-state index contributed by atoms with van der Waals surface area (Å²) in [5.74, 6) is 0.441. The number of carbonyl (C=O) groups excluding carboxylic acids is 1. The van der Waals surface area contributed by atoms with E-state index >= 15 is 0 Å². The van der Waals surface area contributed by atoms with E-state index in [-0.39, 0.29) is 12.5 Å². The molecule has 128 valence electrons. The first kappa shape index (κ1) is 17.5.